The van der Waals surface area contributed by atoms with Crippen molar-refractivity contribution in [2.75, 3.05) is 33.3 Å². The Kier molecular flexibility index (Phi) is 7.85. The molecule has 0 aliphatic carbocycles. The van der Waals surface area contributed by atoms with Gasteiger partial charge in [0.05, 0.1) is 7.11 Å². The number of benzene rings is 1. The SMILES string of the molecule is COC(=O)CCCN1CCCN(Cc2ccc(F)cc2)[C@H](C(C)C)C1. The molecule has 1 fully saturated rings. The summed E-state index contributed by atoms with van der Waals surface area (Å²) in [5.41, 5.74) is 1.16. The summed E-state index contributed by atoms with van der Waals surface area (Å²) < 4.78 is 17.9. The van der Waals surface area contributed by atoms with Crippen LogP contribution in [0.25, 0.3) is 0 Å². The van der Waals surface area contributed by atoms with E-state index in [1.165, 1.54) is 19.2 Å². The van der Waals surface area contributed by atoms with Gasteiger partial charge >= 0.3 is 5.97 Å². The summed E-state index contributed by atoms with van der Waals surface area (Å²) in [7, 11) is 1.44. The van der Waals surface area contributed by atoms with Crippen molar-refractivity contribution in [1.29, 1.82) is 0 Å². The summed E-state index contributed by atoms with van der Waals surface area (Å²) in [5, 5.41) is 0. The molecule has 25 heavy (non-hydrogen) atoms. The smallest absolute Gasteiger partial charge is 0.305 e. The van der Waals surface area contributed by atoms with Gasteiger partial charge in [-0.15, -0.1) is 0 Å². The number of methoxy groups -OCH3 is 1. The number of ether oxygens (including phenoxy) is 1. The molecule has 2 rings (SSSR count). The topological polar surface area (TPSA) is 32.8 Å². The van der Waals surface area contributed by atoms with Gasteiger partial charge in [-0.05, 0) is 49.5 Å². The Morgan fingerprint density at radius 2 is 2.00 bits per heavy atom. The second-order valence-corrected chi connectivity index (χ2v) is 7.24. The molecular weight excluding hydrogens is 319 g/mol. The monoisotopic (exact) mass is 350 g/mol. The zero-order valence-corrected chi connectivity index (χ0v) is 15.7. The molecule has 140 valence electrons. The molecule has 5 heteroatoms. The lowest BCUT2D eigenvalue weighted by molar-refractivity contribution is -0.140. The maximum Gasteiger partial charge on any atom is 0.305 e. The third-order valence-electron chi connectivity index (χ3n) is 4.99. The van der Waals surface area contributed by atoms with Crippen LogP contribution in [-0.2, 0) is 16.1 Å². The van der Waals surface area contributed by atoms with E-state index in [2.05, 4.69) is 23.6 Å². The Bertz CT molecular complexity index is 533. The van der Waals surface area contributed by atoms with Crippen molar-refractivity contribution in [2.45, 2.75) is 45.7 Å². The standard InChI is InChI=1S/C20H31FN2O2/c1-16(2)19-15-22(11-4-6-20(24)25-3)12-5-13-23(19)14-17-7-9-18(21)10-8-17/h7-10,16,19H,4-6,11-15H2,1-3H3/t19-/m0/s1. The summed E-state index contributed by atoms with van der Waals surface area (Å²) in [6.07, 6.45) is 2.44. The van der Waals surface area contributed by atoms with E-state index in [9.17, 15) is 9.18 Å². The van der Waals surface area contributed by atoms with Crippen molar-refractivity contribution in [1.82, 2.24) is 9.80 Å². The predicted octanol–water partition coefficient (Wildman–Crippen LogP) is 3.31. The molecule has 1 saturated heterocycles. The molecular formula is C20H31FN2O2. The molecule has 4 nitrogen and oxygen atoms in total. The van der Waals surface area contributed by atoms with Gasteiger partial charge < -0.3 is 9.64 Å². The molecule has 1 aromatic carbocycles. The van der Waals surface area contributed by atoms with Crippen LogP contribution in [0.5, 0.6) is 0 Å². The number of carbonyl (C=O) groups is 1. The van der Waals surface area contributed by atoms with E-state index >= 15 is 0 Å². The molecule has 1 heterocycles. The van der Waals surface area contributed by atoms with Gasteiger partial charge in [0.2, 0.25) is 0 Å². The number of carbonyl (C=O) groups excluding carboxylic acids is 1. The Morgan fingerprint density at radius 3 is 2.64 bits per heavy atom. The average molecular weight is 350 g/mol. The highest BCUT2D eigenvalue weighted by Crippen LogP contribution is 2.20. The summed E-state index contributed by atoms with van der Waals surface area (Å²) >= 11 is 0. The van der Waals surface area contributed by atoms with Crippen molar-refractivity contribution in [2.24, 2.45) is 5.92 Å². The van der Waals surface area contributed by atoms with Crippen LogP contribution in [0, 0.1) is 11.7 Å². The third-order valence-corrected chi connectivity index (χ3v) is 4.99. The van der Waals surface area contributed by atoms with Gasteiger partial charge in [-0.3, -0.25) is 9.69 Å². The molecule has 0 radical (unpaired) electrons. The minimum Gasteiger partial charge on any atom is -0.469 e. The van der Waals surface area contributed by atoms with E-state index < -0.39 is 0 Å². The predicted molar refractivity (Wildman–Crippen MR) is 97.7 cm³/mol. The van der Waals surface area contributed by atoms with Crippen LogP contribution in [0.4, 0.5) is 4.39 Å². The van der Waals surface area contributed by atoms with Gasteiger partial charge in [0.1, 0.15) is 5.82 Å². The van der Waals surface area contributed by atoms with E-state index in [1.807, 2.05) is 12.1 Å². The lowest BCUT2D eigenvalue weighted by atomic mass is 10.0. The zero-order chi connectivity index (χ0) is 18.2. The Balaban J connectivity index is 1.95. The molecule has 1 atom stereocenters. The van der Waals surface area contributed by atoms with Crippen molar-refractivity contribution in [3.05, 3.63) is 35.6 Å². The second-order valence-electron chi connectivity index (χ2n) is 7.24. The molecule has 1 aliphatic rings. The lowest BCUT2D eigenvalue weighted by Crippen LogP contribution is -2.44. The fourth-order valence-electron chi connectivity index (χ4n) is 3.54. The number of nitrogens with zero attached hydrogens (tertiary/aromatic N) is 2. The van der Waals surface area contributed by atoms with Crippen molar-refractivity contribution in [3.63, 3.8) is 0 Å². The molecule has 0 bridgehead atoms. The summed E-state index contributed by atoms with van der Waals surface area (Å²) in [4.78, 5) is 16.3. The highest BCUT2D eigenvalue weighted by molar-refractivity contribution is 5.69. The van der Waals surface area contributed by atoms with Crippen LogP contribution < -0.4 is 0 Å². The normalized spacial score (nSPS) is 19.8. The van der Waals surface area contributed by atoms with Crippen LogP contribution in [0.1, 0.15) is 38.7 Å². The van der Waals surface area contributed by atoms with E-state index in [-0.39, 0.29) is 11.8 Å². The van der Waals surface area contributed by atoms with Gasteiger partial charge in [-0.25, -0.2) is 4.39 Å². The van der Waals surface area contributed by atoms with Crippen molar-refractivity contribution < 1.29 is 13.9 Å². The highest BCUT2D eigenvalue weighted by atomic mass is 19.1. The number of esters is 1. The lowest BCUT2D eigenvalue weighted by Gasteiger charge is -2.34. The molecule has 0 amide bonds. The van der Waals surface area contributed by atoms with Gasteiger partial charge in [0, 0.05) is 32.1 Å². The van der Waals surface area contributed by atoms with Crippen molar-refractivity contribution in [3.8, 4) is 0 Å². The Hall–Kier alpha value is -1.46. The van der Waals surface area contributed by atoms with E-state index in [0.29, 0.717) is 18.4 Å². The first-order chi connectivity index (χ1) is 12.0. The number of halogens is 1. The largest absolute Gasteiger partial charge is 0.469 e. The van der Waals surface area contributed by atoms with Gasteiger partial charge in [0.25, 0.3) is 0 Å². The first-order valence-electron chi connectivity index (χ1n) is 9.27. The van der Waals surface area contributed by atoms with Gasteiger partial charge in [-0.1, -0.05) is 26.0 Å². The Morgan fingerprint density at radius 1 is 1.28 bits per heavy atom. The van der Waals surface area contributed by atoms with Gasteiger partial charge in [0.15, 0.2) is 0 Å². The molecule has 1 aliphatic heterocycles. The quantitative estimate of drug-likeness (QED) is 0.707. The molecule has 0 aromatic heterocycles. The van der Waals surface area contributed by atoms with Crippen LogP contribution in [-0.4, -0.2) is 55.1 Å². The third kappa shape index (κ3) is 6.40. The van der Waals surface area contributed by atoms with Crippen LogP contribution in [0.15, 0.2) is 24.3 Å². The summed E-state index contributed by atoms with van der Waals surface area (Å²) in [6, 6.07) is 7.30. The van der Waals surface area contributed by atoms with Crippen LogP contribution >= 0.6 is 0 Å². The average Bonchev–Trinajstić information content (AvgIpc) is 2.79. The molecule has 0 unspecified atom stereocenters. The first-order valence-corrected chi connectivity index (χ1v) is 9.27. The van der Waals surface area contributed by atoms with Crippen LogP contribution in [0.2, 0.25) is 0 Å². The molecule has 1 aromatic rings. The van der Waals surface area contributed by atoms with E-state index in [4.69, 9.17) is 4.74 Å². The fourth-order valence-corrected chi connectivity index (χ4v) is 3.54. The maximum atomic E-state index is 13.1. The zero-order valence-electron chi connectivity index (χ0n) is 15.7. The van der Waals surface area contributed by atoms with Crippen LogP contribution in [0.3, 0.4) is 0 Å². The number of rotatable bonds is 7. The van der Waals surface area contributed by atoms with E-state index in [1.54, 1.807) is 0 Å². The molecule has 0 saturated carbocycles. The first kappa shape index (κ1) is 19.9. The molecule has 0 spiro atoms. The summed E-state index contributed by atoms with van der Waals surface area (Å²) in [6.45, 7) is 9.44. The maximum absolute atomic E-state index is 13.1. The second kappa shape index (κ2) is 9.88. The van der Waals surface area contributed by atoms with E-state index in [0.717, 1.165) is 51.1 Å². The Labute approximate surface area is 150 Å². The summed E-state index contributed by atoms with van der Waals surface area (Å²) in [5.74, 6) is 0.228. The fraction of sp³-hybridized carbons (Fsp3) is 0.650. The molecule has 0 N–H and O–H groups in total. The minimum absolute atomic E-state index is 0.131. The van der Waals surface area contributed by atoms with Crippen molar-refractivity contribution >= 4 is 5.97 Å². The number of hydrogen-bond acceptors (Lipinski definition) is 4. The van der Waals surface area contributed by atoms with Gasteiger partial charge in [-0.2, -0.15) is 0 Å². The number of hydrogen-bond donors (Lipinski definition) is 0. The highest BCUT2D eigenvalue weighted by Gasteiger charge is 2.27. The minimum atomic E-state index is -0.184.